The molecule has 3 heterocycles. The zero-order valence-corrected chi connectivity index (χ0v) is 16.8. The molecule has 0 saturated carbocycles. The summed E-state index contributed by atoms with van der Waals surface area (Å²) in [6, 6.07) is 0. The van der Waals surface area contributed by atoms with Gasteiger partial charge >= 0.3 is 0 Å². The molecule has 0 atom stereocenters. The van der Waals surface area contributed by atoms with Gasteiger partial charge in [0.2, 0.25) is 5.95 Å². The standard InChI is InChI=1S/C19H27N5OS/c1-13(2)17-22-15(12-26-17)11-23(4)18(25)16-10-20-19(21-14(16)3)24-8-6-5-7-9-24/h10,12-13H,5-9,11H2,1-4H3. The third-order valence-corrected chi connectivity index (χ3v) is 5.84. The van der Waals surface area contributed by atoms with Crippen LogP contribution in [0.4, 0.5) is 5.95 Å². The fourth-order valence-corrected chi connectivity index (χ4v) is 3.92. The van der Waals surface area contributed by atoms with Crippen LogP contribution in [0.15, 0.2) is 11.6 Å². The Kier molecular flexibility index (Phi) is 5.86. The molecule has 2 aromatic rings. The number of aryl methyl sites for hydroxylation is 1. The van der Waals surface area contributed by atoms with Crippen LogP contribution in [0.5, 0.6) is 0 Å². The summed E-state index contributed by atoms with van der Waals surface area (Å²) in [5, 5.41) is 3.13. The van der Waals surface area contributed by atoms with E-state index in [1.54, 1.807) is 29.5 Å². The van der Waals surface area contributed by atoms with Gasteiger partial charge in [-0.2, -0.15) is 0 Å². The minimum atomic E-state index is -0.0632. The highest BCUT2D eigenvalue weighted by molar-refractivity contribution is 7.09. The summed E-state index contributed by atoms with van der Waals surface area (Å²) in [5.74, 6) is 1.09. The van der Waals surface area contributed by atoms with Crippen molar-refractivity contribution in [1.82, 2.24) is 19.9 Å². The van der Waals surface area contributed by atoms with Crippen molar-refractivity contribution < 1.29 is 4.79 Å². The van der Waals surface area contributed by atoms with Gasteiger partial charge in [0.25, 0.3) is 5.91 Å². The van der Waals surface area contributed by atoms with Crippen LogP contribution in [-0.2, 0) is 6.54 Å². The quantitative estimate of drug-likeness (QED) is 0.801. The summed E-state index contributed by atoms with van der Waals surface area (Å²) in [6.07, 6.45) is 5.30. The molecule has 0 aliphatic carbocycles. The van der Waals surface area contributed by atoms with E-state index in [2.05, 4.69) is 33.7 Å². The number of hydrogen-bond donors (Lipinski definition) is 0. The molecule has 0 bridgehead atoms. The van der Waals surface area contributed by atoms with Crippen LogP contribution in [-0.4, -0.2) is 45.9 Å². The Morgan fingerprint density at radius 2 is 2.00 bits per heavy atom. The summed E-state index contributed by atoms with van der Waals surface area (Å²) in [6.45, 7) is 8.62. The number of aromatic nitrogens is 3. The number of rotatable bonds is 5. The van der Waals surface area contributed by atoms with Gasteiger partial charge < -0.3 is 9.80 Å². The first kappa shape index (κ1) is 18.8. The van der Waals surface area contributed by atoms with E-state index in [4.69, 9.17) is 0 Å². The number of hydrogen-bond acceptors (Lipinski definition) is 6. The Balaban J connectivity index is 1.69. The molecule has 0 N–H and O–H groups in total. The van der Waals surface area contributed by atoms with Crippen molar-refractivity contribution in [3.05, 3.63) is 33.5 Å². The SMILES string of the molecule is Cc1nc(N2CCCCC2)ncc1C(=O)N(C)Cc1csc(C(C)C)n1. The van der Waals surface area contributed by atoms with Gasteiger partial charge in [-0.25, -0.2) is 15.0 Å². The molecule has 0 spiro atoms. The number of thiazole rings is 1. The fourth-order valence-electron chi connectivity index (χ4n) is 3.09. The first-order valence-corrected chi connectivity index (χ1v) is 10.1. The average Bonchev–Trinajstić information content (AvgIpc) is 3.10. The molecule has 1 amide bonds. The van der Waals surface area contributed by atoms with Gasteiger partial charge in [0.15, 0.2) is 0 Å². The van der Waals surface area contributed by atoms with Crippen molar-refractivity contribution in [3.8, 4) is 0 Å². The Bertz CT molecular complexity index is 767. The predicted molar refractivity (Wildman–Crippen MR) is 105 cm³/mol. The van der Waals surface area contributed by atoms with E-state index in [1.165, 1.54) is 19.3 Å². The van der Waals surface area contributed by atoms with Crippen molar-refractivity contribution in [3.63, 3.8) is 0 Å². The molecule has 140 valence electrons. The van der Waals surface area contributed by atoms with Gasteiger partial charge in [-0.15, -0.1) is 11.3 Å². The van der Waals surface area contributed by atoms with Crippen LogP contribution in [0.3, 0.4) is 0 Å². The summed E-state index contributed by atoms with van der Waals surface area (Å²) >= 11 is 1.65. The van der Waals surface area contributed by atoms with Gasteiger partial charge in [0.05, 0.1) is 28.5 Å². The zero-order valence-electron chi connectivity index (χ0n) is 16.0. The third kappa shape index (κ3) is 4.20. The Labute approximate surface area is 159 Å². The second-order valence-electron chi connectivity index (χ2n) is 7.21. The average molecular weight is 374 g/mol. The van der Waals surface area contributed by atoms with E-state index in [9.17, 15) is 4.79 Å². The Morgan fingerprint density at radius 3 is 2.62 bits per heavy atom. The minimum Gasteiger partial charge on any atom is -0.341 e. The third-order valence-electron chi connectivity index (χ3n) is 4.65. The summed E-state index contributed by atoms with van der Waals surface area (Å²) in [5.41, 5.74) is 2.23. The highest BCUT2D eigenvalue weighted by Gasteiger charge is 2.20. The van der Waals surface area contributed by atoms with Gasteiger partial charge in [0, 0.05) is 37.6 Å². The largest absolute Gasteiger partial charge is 0.341 e. The predicted octanol–water partition coefficient (Wildman–Crippen LogP) is 3.63. The molecule has 2 aromatic heterocycles. The van der Waals surface area contributed by atoms with Crippen LogP contribution < -0.4 is 4.90 Å². The van der Waals surface area contributed by atoms with E-state index in [0.29, 0.717) is 18.0 Å². The molecule has 1 aliphatic heterocycles. The summed E-state index contributed by atoms with van der Waals surface area (Å²) in [7, 11) is 1.80. The van der Waals surface area contributed by atoms with Crippen molar-refractivity contribution in [2.24, 2.45) is 0 Å². The highest BCUT2D eigenvalue weighted by Crippen LogP contribution is 2.21. The molecule has 1 saturated heterocycles. The van der Waals surface area contributed by atoms with E-state index < -0.39 is 0 Å². The maximum atomic E-state index is 12.8. The normalized spacial score (nSPS) is 14.7. The number of carbonyl (C=O) groups excluding carboxylic acids is 1. The molecule has 1 aliphatic rings. The van der Waals surface area contributed by atoms with Gasteiger partial charge in [-0.1, -0.05) is 13.8 Å². The van der Waals surface area contributed by atoms with E-state index in [0.717, 1.165) is 35.4 Å². The lowest BCUT2D eigenvalue weighted by molar-refractivity contribution is 0.0782. The fraction of sp³-hybridized carbons (Fsp3) is 0.579. The lowest BCUT2D eigenvalue weighted by atomic mass is 10.1. The molecule has 3 rings (SSSR count). The maximum absolute atomic E-state index is 12.8. The lowest BCUT2D eigenvalue weighted by Crippen LogP contribution is -2.32. The van der Waals surface area contributed by atoms with Gasteiger partial charge in [-0.3, -0.25) is 4.79 Å². The maximum Gasteiger partial charge on any atom is 0.257 e. The second-order valence-corrected chi connectivity index (χ2v) is 8.10. The molecule has 0 radical (unpaired) electrons. The molecule has 1 fully saturated rings. The number of amides is 1. The van der Waals surface area contributed by atoms with Crippen LogP contribution in [0, 0.1) is 6.92 Å². The van der Waals surface area contributed by atoms with Crippen molar-refractivity contribution in [1.29, 1.82) is 0 Å². The Hall–Kier alpha value is -2.02. The molecule has 0 aromatic carbocycles. The molecule has 0 unspecified atom stereocenters. The molecular formula is C19H27N5OS. The second kappa shape index (κ2) is 8.12. The number of carbonyl (C=O) groups is 1. The Morgan fingerprint density at radius 1 is 1.27 bits per heavy atom. The lowest BCUT2D eigenvalue weighted by Gasteiger charge is -2.27. The van der Waals surface area contributed by atoms with E-state index in [1.807, 2.05) is 12.3 Å². The van der Waals surface area contributed by atoms with Gasteiger partial charge in [0.1, 0.15) is 0 Å². The summed E-state index contributed by atoms with van der Waals surface area (Å²) < 4.78 is 0. The van der Waals surface area contributed by atoms with Crippen LogP contribution in [0.25, 0.3) is 0 Å². The zero-order chi connectivity index (χ0) is 18.7. The topological polar surface area (TPSA) is 62.2 Å². The van der Waals surface area contributed by atoms with Crippen LogP contribution in [0.1, 0.15) is 65.8 Å². The minimum absolute atomic E-state index is 0.0632. The molecular weight excluding hydrogens is 346 g/mol. The molecule has 6 nitrogen and oxygen atoms in total. The van der Waals surface area contributed by atoms with Crippen LogP contribution in [0.2, 0.25) is 0 Å². The smallest absolute Gasteiger partial charge is 0.257 e. The monoisotopic (exact) mass is 373 g/mol. The number of anilines is 1. The van der Waals surface area contributed by atoms with Crippen molar-refractivity contribution >= 4 is 23.2 Å². The van der Waals surface area contributed by atoms with Crippen molar-refractivity contribution in [2.45, 2.75) is 52.5 Å². The van der Waals surface area contributed by atoms with Crippen molar-refractivity contribution in [2.75, 3.05) is 25.0 Å². The molecule has 7 heteroatoms. The first-order chi connectivity index (χ1) is 12.5. The van der Waals surface area contributed by atoms with Gasteiger partial charge in [-0.05, 0) is 26.2 Å². The van der Waals surface area contributed by atoms with Crippen LogP contribution >= 0.6 is 11.3 Å². The number of piperidine rings is 1. The summed E-state index contributed by atoms with van der Waals surface area (Å²) in [4.78, 5) is 30.4. The van der Waals surface area contributed by atoms with E-state index in [-0.39, 0.29) is 5.91 Å². The highest BCUT2D eigenvalue weighted by atomic mass is 32.1. The number of nitrogens with zero attached hydrogens (tertiary/aromatic N) is 5. The molecule has 26 heavy (non-hydrogen) atoms. The first-order valence-electron chi connectivity index (χ1n) is 9.24. The van der Waals surface area contributed by atoms with E-state index >= 15 is 0 Å².